The fourth-order valence-electron chi connectivity index (χ4n) is 4.35. The molecule has 1 aliphatic heterocycles. The summed E-state index contributed by atoms with van der Waals surface area (Å²) in [6.07, 6.45) is 1.73. The van der Waals surface area contributed by atoms with Gasteiger partial charge in [0.05, 0.1) is 4.90 Å². The number of piperazine rings is 1. The number of nitrogens with one attached hydrogen (secondary N) is 2. The average molecular weight is 510 g/mol. The third-order valence-corrected chi connectivity index (χ3v) is 7.25. The molecule has 10 heteroatoms. The molecule has 192 valence electrons. The fraction of sp³-hybridized carbons (Fsp3) is 0.385. The van der Waals surface area contributed by atoms with Gasteiger partial charge in [0.2, 0.25) is 16.0 Å². The van der Waals surface area contributed by atoms with Gasteiger partial charge in [0.1, 0.15) is 5.82 Å². The van der Waals surface area contributed by atoms with E-state index in [9.17, 15) is 8.42 Å². The van der Waals surface area contributed by atoms with Crippen LogP contribution in [0.1, 0.15) is 31.9 Å². The molecule has 0 saturated carbocycles. The Morgan fingerprint density at radius 2 is 1.64 bits per heavy atom. The van der Waals surface area contributed by atoms with Gasteiger partial charge in [-0.2, -0.15) is 4.98 Å². The molecule has 1 fully saturated rings. The van der Waals surface area contributed by atoms with Gasteiger partial charge in [0.25, 0.3) is 0 Å². The smallest absolute Gasteiger partial charge is 0.238 e. The van der Waals surface area contributed by atoms with E-state index in [0.717, 1.165) is 37.4 Å². The summed E-state index contributed by atoms with van der Waals surface area (Å²) in [6.45, 7) is 11.9. The highest BCUT2D eigenvalue weighted by molar-refractivity contribution is 7.89. The van der Waals surface area contributed by atoms with Gasteiger partial charge in [-0.3, -0.25) is 0 Å². The van der Waals surface area contributed by atoms with E-state index in [4.69, 9.17) is 5.14 Å². The molecule has 36 heavy (non-hydrogen) atoms. The van der Waals surface area contributed by atoms with Crippen molar-refractivity contribution in [3.63, 3.8) is 0 Å². The van der Waals surface area contributed by atoms with E-state index in [0.29, 0.717) is 23.0 Å². The Labute approximate surface area is 213 Å². The van der Waals surface area contributed by atoms with Crippen molar-refractivity contribution in [2.24, 2.45) is 5.14 Å². The van der Waals surface area contributed by atoms with Crippen molar-refractivity contribution in [3.05, 3.63) is 59.8 Å². The zero-order chi connectivity index (χ0) is 26.1. The topological polar surface area (TPSA) is 116 Å². The van der Waals surface area contributed by atoms with E-state index >= 15 is 0 Å². The second kappa shape index (κ2) is 10.0. The third-order valence-electron chi connectivity index (χ3n) is 6.30. The number of aryl methyl sites for hydroxylation is 1. The second-order valence-corrected chi connectivity index (χ2v) is 11.8. The van der Waals surface area contributed by atoms with E-state index < -0.39 is 15.4 Å². The highest BCUT2D eigenvalue weighted by Crippen LogP contribution is 2.36. The zero-order valence-corrected chi connectivity index (χ0v) is 22.4. The zero-order valence-electron chi connectivity index (χ0n) is 21.5. The van der Waals surface area contributed by atoms with Crippen molar-refractivity contribution >= 4 is 38.9 Å². The van der Waals surface area contributed by atoms with E-state index in [1.807, 2.05) is 45.9 Å². The minimum atomic E-state index is -3.90. The van der Waals surface area contributed by atoms with Crippen molar-refractivity contribution in [3.8, 4) is 0 Å². The summed E-state index contributed by atoms with van der Waals surface area (Å²) in [7, 11) is -1.75. The molecular formula is C26H35N7O2S. The van der Waals surface area contributed by atoms with Crippen LogP contribution in [0.2, 0.25) is 0 Å². The van der Waals surface area contributed by atoms with Crippen LogP contribution < -0.4 is 20.7 Å². The van der Waals surface area contributed by atoms with Crippen LogP contribution >= 0.6 is 0 Å². The van der Waals surface area contributed by atoms with Crippen LogP contribution in [-0.2, 0) is 15.4 Å². The number of sulfonamides is 1. The van der Waals surface area contributed by atoms with Gasteiger partial charge in [-0.05, 0) is 55.8 Å². The van der Waals surface area contributed by atoms with Crippen LogP contribution in [-0.4, -0.2) is 56.5 Å². The Kier molecular flexibility index (Phi) is 7.21. The average Bonchev–Trinajstić information content (AvgIpc) is 2.81. The number of nitrogens with zero attached hydrogens (tertiary/aromatic N) is 4. The predicted molar refractivity (Wildman–Crippen MR) is 146 cm³/mol. The number of aromatic nitrogens is 2. The van der Waals surface area contributed by atoms with Gasteiger partial charge >= 0.3 is 0 Å². The van der Waals surface area contributed by atoms with Gasteiger partial charge in [-0.15, -0.1) is 0 Å². The molecule has 0 bridgehead atoms. The summed E-state index contributed by atoms with van der Waals surface area (Å²) in [5.41, 5.74) is 3.68. The maximum atomic E-state index is 12.3. The molecule has 1 saturated heterocycles. The summed E-state index contributed by atoms with van der Waals surface area (Å²) in [6, 6.07) is 13.3. The number of hydrogen-bond donors (Lipinski definition) is 3. The molecule has 1 aliphatic rings. The Morgan fingerprint density at radius 3 is 2.25 bits per heavy atom. The van der Waals surface area contributed by atoms with E-state index in [-0.39, 0.29) is 4.90 Å². The minimum absolute atomic E-state index is 0.102. The normalized spacial score (nSPS) is 15.1. The lowest BCUT2D eigenvalue weighted by Gasteiger charge is -2.34. The van der Waals surface area contributed by atoms with Crippen LogP contribution in [0.4, 0.5) is 28.8 Å². The molecule has 0 spiro atoms. The molecule has 0 unspecified atom stereocenters. The number of nitrogens with two attached hydrogens (primary N) is 1. The first kappa shape index (κ1) is 25.9. The molecule has 9 nitrogen and oxygen atoms in total. The SMILES string of the molecule is Cc1cnc(Nc2ccc(N3CCN(C)CC3)cc2)nc1Nc1cccc(S(N)(=O)=O)c1C(C)(C)C. The largest absolute Gasteiger partial charge is 0.369 e. The van der Waals surface area contributed by atoms with Gasteiger partial charge in [-0.25, -0.2) is 18.5 Å². The van der Waals surface area contributed by atoms with E-state index in [2.05, 4.69) is 49.6 Å². The predicted octanol–water partition coefficient (Wildman–Crippen LogP) is 3.97. The van der Waals surface area contributed by atoms with Crippen molar-refractivity contribution in [2.45, 2.75) is 38.0 Å². The van der Waals surface area contributed by atoms with E-state index in [1.165, 1.54) is 11.8 Å². The molecule has 3 aromatic rings. The maximum absolute atomic E-state index is 12.3. The standard InChI is InChI=1S/C26H35N7O2S/c1-18-17-28-25(29-19-9-11-20(12-10-19)33-15-13-32(5)14-16-33)31-24(18)30-21-7-6-8-22(36(27,34)35)23(21)26(2,3)4/h6-12,17H,13-16H2,1-5H3,(H2,27,34,35)(H2,28,29,30,31). The molecule has 0 radical (unpaired) electrons. The lowest BCUT2D eigenvalue weighted by molar-refractivity contribution is 0.313. The summed E-state index contributed by atoms with van der Waals surface area (Å²) < 4.78 is 24.6. The monoisotopic (exact) mass is 509 g/mol. The number of benzene rings is 2. The second-order valence-electron chi connectivity index (χ2n) is 10.3. The van der Waals surface area contributed by atoms with Crippen molar-refractivity contribution in [2.75, 3.05) is 48.8 Å². The highest BCUT2D eigenvalue weighted by atomic mass is 32.2. The number of primary sulfonamides is 1. The van der Waals surface area contributed by atoms with Crippen molar-refractivity contribution in [1.29, 1.82) is 0 Å². The molecule has 0 atom stereocenters. The molecule has 1 aromatic heterocycles. The summed E-state index contributed by atoms with van der Waals surface area (Å²) in [4.78, 5) is 13.9. The Bertz CT molecular complexity index is 1330. The first-order valence-electron chi connectivity index (χ1n) is 12.0. The Morgan fingerprint density at radius 1 is 0.972 bits per heavy atom. The summed E-state index contributed by atoms with van der Waals surface area (Å²) in [5.74, 6) is 1.02. The van der Waals surface area contributed by atoms with Gasteiger partial charge < -0.3 is 20.4 Å². The number of hydrogen-bond acceptors (Lipinski definition) is 8. The Hall–Kier alpha value is -3.21. The summed E-state index contributed by atoms with van der Waals surface area (Å²) >= 11 is 0. The van der Waals surface area contributed by atoms with Crippen LogP contribution in [0.15, 0.2) is 53.6 Å². The van der Waals surface area contributed by atoms with Crippen LogP contribution in [0.5, 0.6) is 0 Å². The first-order valence-corrected chi connectivity index (χ1v) is 13.5. The van der Waals surface area contributed by atoms with Crippen molar-refractivity contribution in [1.82, 2.24) is 14.9 Å². The fourth-order valence-corrected chi connectivity index (χ4v) is 5.32. The lowest BCUT2D eigenvalue weighted by Crippen LogP contribution is -2.44. The number of anilines is 5. The molecule has 0 aliphatic carbocycles. The summed E-state index contributed by atoms with van der Waals surface area (Å²) in [5, 5.41) is 12.1. The number of rotatable bonds is 6. The Balaban J connectivity index is 1.57. The molecule has 0 amide bonds. The van der Waals surface area contributed by atoms with Crippen molar-refractivity contribution < 1.29 is 8.42 Å². The molecule has 4 N–H and O–H groups in total. The molecular weight excluding hydrogens is 474 g/mol. The maximum Gasteiger partial charge on any atom is 0.238 e. The van der Waals surface area contributed by atoms with E-state index in [1.54, 1.807) is 12.3 Å². The molecule has 4 rings (SSSR count). The first-order chi connectivity index (χ1) is 16.9. The highest BCUT2D eigenvalue weighted by Gasteiger charge is 2.27. The lowest BCUT2D eigenvalue weighted by atomic mass is 9.85. The molecule has 2 heterocycles. The van der Waals surface area contributed by atoms with Gasteiger partial charge in [-0.1, -0.05) is 26.8 Å². The van der Waals surface area contributed by atoms with Gasteiger partial charge in [0.15, 0.2) is 0 Å². The van der Waals surface area contributed by atoms with Gasteiger partial charge in [0, 0.05) is 60.6 Å². The third kappa shape index (κ3) is 5.95. The molecule has 2 aromatic carbocycles. The quantitative estimate of drug-likeness (QED) is 0.457. The number of likely N-dealkylation sites (N-methyl/N-ethyl adjacent to an activating group) is 1. The van der Waals surface area contributed by atoms with Crippen LogP contribution in [0.3, 0.4) is 0 Å². The minimum Gasteiger partial charge on any atom is -0.369 e. The van der Waals surface area contributed by atoms with Crippen LogP contribution in [0, 0.1) is 6.92 Å². The van der Waals surface area contributed by atoms with Crippen LogP contribution in [0.25, 0.3) is 0 Å².